The van der Waals surface area contributed by atoms with Gasteiger partial charge in [0, 0.05) is 0 Å². The van der Waals surface area contributed by atoms with Crippen LogP contribution in [0.15, 0.2) is 12.3 Å². The minimum absolute atomic E-state index is 0.111. The van der Waals surface area contributed by atoms with Crippen molar-refractivity contribution in [2.24, 2.45) is 0 Å². The lowest BCUT2D eigenvalue weighted by Crippen LogP contribution is -2.41. The number of hydrogen-bond acceptors (Lipinski definition) is 2. The average Bonchev–Trinajstić information content (AvgIpc) is 1.81. The molecule has 0 spiro atoms. The molecule has 0 saturated carbocycles. The predicted octanol–water partition coefficient (Wildman–Crippen LogP) is 3.08. The van der Waals surface area contributed by atoms with Gasteiger partial charge >= 0.3 is 0 Å². The van der Waals surface area contributed by atoms with Gasteiger partial charge in [-0.3, -0.25) is 0 Å². The summed E-state index contributed by atoms with van der Waals surface area (Å²) in [6.45, 7) is 14.5. The third kappa shape index (κ3) is 3.41. The molecule has 0 aromatic rings. The molecule has 0 amide bonds. The second-order valence-corrected chi connectivity index (χ2v) is 9.42. The van der Waals surface area contributed by atoms with Crippen LogP contribution >= 0.6 is 0 Å². The molecule has 0 unspecified atom stereocenters. The van der Waals surface area contributed by atoms with Crippen molar-refractivity contribution in [2.45, 2.75) is 38.9 Å². The first-order valence-electron chi connectivity index (χ1n) is 4.17. The Bertz CT molecular complexity index is 168. The van der Waals surface area contributed by atoms with Crippen LogP contribution in [0.5, 0.6) is 0 Å². The first-order valence-corrected chi connectivity index (χ1v) is 7.08. The summed E-state index contributed by atoms with van der Waals surface area (Å²) >= 11 is 0. The molecule has 0 rings (SSSR count). The molecule has 0 atom stereocenters. The fraction of sp³-hybridized carbons (Fsp3) is 0.778. The third-order valence-corrected chi connectivity index (χ3v) is 6.88. The molecule has 0 fully saturated rings. The quantitative estimate of drug-likeness (QED) is 0.545. The van der Waals surface area contributed by atoms with Crippen LogP contribution in [-0.4, -0.2) is 20.0 Å². The zero-order chi connectivity index (χ0) is 9.99. The largest absolute Gasteiger partial charge is 0.511 e. The molecule has 0 bridgehead atoms. The van der Waals surface area contributed by atoms with Crippen LogP contribution in [0.4, 0.5) is 0 Å². The van der Waals surface area contributed by atoms with Crippen LogP contribution < -0.4 is 0 Å². The molecule has 0 radical (unpaired) electrons. The van der Waals surface area contributed by atoms with E-state index in [0.29, 0.717) is 0 Å². The summed E-state index contributed by atoms with van der Waals surface area (Å²) < 4.78 is 5.64. The Balaban J connectivity index is 4.14. The van der Waals surface area contributed by atoms with E-state index >= 15 is 0 Å². The molecule has 2 nitrogen and oxygen atoms in total. The Morgan fingerprint density at radius 3 is 2.08 bits per heavy atom. The first kappa shape index (κ1) is 11.7. The van der Waals surface area contributed by atoms with Crippen molar-refractivity contribution in [1.29, 1.82) is 0 Å². The normalized spacial score (nSPS) is 13.1. The van der Waals surface area contributed by atoms with Gasteiger partial charge in [0.15, 0.2) is 8.32 Å². The van der Waals surface area contributed by atoms with Crippen molar-refractivity contribution in [1.82, 2.24) is 0 Å². The lowest BCUT2D eigenvalue weighted by molar-refractivity contribution is 0.253. The molecule has 0 aliphatic heterocycles. The summed E-state index contributed by atoms with van der Waals surface area (Å²) in [5, 5.41) is 9.08. The highest BCUT2D eigenvalue weighted by Crippen LogP contribution is 2.36. The minimum atomic E-state index is -1.69. The van der Waals surface area contributed by atoms with Crippen molar-refractivity contribution in [3.05, 3.63) is 12.3 Å². The molecule has 1 N–H and O–H groups in total. The van der Waals surface area contributed by atoms with Gasteiger partial charge in [-0.05, 0) is 18.1 Å². The van der Waals surface area contributed by atoms with E-state index < -0.39 is 8.32 Å². The fourth-order valence-corrected chi connectivity index (χ4v) is 1.44. The summed E-state index contributed by atoms with van der Waals surface area (Å²) in [5.74, 6) is 0.111. The minimum Gasteiger partial charge on any atom is -0.511 e. The summed E-state index contributed by atoms with van der Waals surface area (Å²) in [6.07, 6.45) is 0. The summed E-state index contributed by atoms with van der Waals surface area (Å²) in [4.78, 5) is 0. The van der Waals surface area contributed by atoms with Crippen LogP contribution in [-0.2, 0) is 4.43 Å². The Morgan fingerprint density at radius 1 is 1.42 bits per heavy atom. The molecular formula is C9H20O2Si. The number of aliphatic hydroxyl groups is 1. The molecule has 0 saturated heterocycles. The number of aliphatic hydroxyl groups excluding tert-OH is 1. The number of rotatable bonds is 3. The Labute approximate surface area is 76.4 Å². The van der Waals surface area contributed by atoms with Crippen molar-refractivity contribution in [2.75, 3.05) is 6.61 Å². The van der Waals surface area contributed by atoms with Gasteiger partial charge in [0.1, 0.15) is 5.76 Å². The molecule has 72 valence electrons. The Kier molecular flexibility index (Phi) is 3.54. The summed E-state index contributed by atoms with van der Waals surface area (Å²) in [6, 6.07) is 0. The van der Waals surface area contributed by atoms with E-state index in [0.717, 1.165) is 0 Å². The molecule has 0 aliphatic carbocycles. The van der Waals surface area contributed by atoms with Crippen LogP contribution in [0.25, 0.3) is 0 Å². The lowest BCUT2D eigenvalue weighted by atomic mass is 10.2. The summed E-state index contributed by atoms with van der Waals surface area (Å²) in [5.41, 5.74) is 0. The zero-order valence-corrected chi connectivity index (χ0v) is 9.77. The maximum absolute atomic E-state index is 8.88. The van der Waals surface area contributed by atoms with Crippen LogP contribution in [0.2, 0.25) is 18.1 Å². The van der Waals surface area contributed by atoms with Crippen LogP contribution in [0.1, 0.15) is 20.8 Å². The van der Waals surface area contributed by atoms with E-state index in [1.807, 2.05) is 0 Å². The topological polar surface area (TPSA) is 29.5 Å². The lowest BCUT2D eigenvalue weighted by Gasteiger charge is -2.35. The first-order chi connectivity index (χ1) is 5.17. The smallest absolute Gasteiger partial charge is 0.192 e. The molecule has 0 aromatic carbocycles. The highest BCUT2D eigenvalue weighted by Gasteiger charge is 2.37. The predicted molar refractivity (Wildman–Crippen MR) is 54.9 cm³/mol. The average molecular weight is 188 g/mol. The second kappa shape index (κ2) is 3.62. The van der Waals surface area contributed by atoms with Gasteiger partial charge < -0.3 is 9.53 Å². The monoisotopic (exact) mass is 188 g/mol. The van der Waals surface area contributed by atoms with Gasteiger partial charge in [0.05, 0.1) is 6.61 Å². The van der Waals surface area contributed by atoms with E-state index in [-0.39, 0.29) is 17.4 Å². The van der Waals surface area contributed by atoms with E-state index in [1.54, 1.807) is 0 Å². The molecule has 3 heteroatoms. The molecule has 0 aliphatic rings. The van der Waals surface area contributed by atoms with Crippen molar-refractivity contribution in [3.63, 3.8) is 0 Å². The maximum atomic E-state index is 8.88. The van der Waals surface area contributed by atoms with Gasteiger partial charge in [0.2, 0.25) is 0 Å². The van der Waals surface area contributed by atoms with E-state index in [4.69, 9.17) is 9.53 Å². The molecule has 12 heavy (non-hydrogen) atoms. The fourth-order valence-electron chi connectivity index (χ4n) is 0.480. The second-order valence-electron chi connectivity index (χ2n) is 4.62. The zero-order valence-electron chi connectivity index (χ0n) is 8.77. The molecule has 0 heterocycles. The van der Waals surface area contributed by atoms with E-state index in [2.05, 4.69) is 40.4 Å². The van der Waals surface area contributed by atoms with Crippen LogP contribution in [0.3, 0.4) is 0 Å². The highest BCUT2D eigenvalue weighted by atomic mass is 28.4. The van der Waals surface area contributed by atoms with Gasteiger partial charge in [0.25, 0.3) is 0 Å². The highest BCUT2D eigenvalue weighted by molar-refractivity contribution is 6.74. The van der Waals surface area contributed by atoms with Crippen molar-refractivity contribution >= 4 is 8.32 Å². The van der Waals surface area contributed by atoms with Crippen molar-refractivity contribution < 1.29 is 9.53 Å². The Hall–Kier alpha value is -0.283. The van der Waals surface area contributed by atoms with E-state index in [9.17, 15) is 0 Å². The standard InChI is InChI=1S/C9H20O2Si/c1-8(10)7-11-12(5,6)9(2,3)4/h10H,1,7H2,2-6H3. The maximum Gasteiger partial charge on any atom is 0.192 e. The van der Waals surface area contributed by atoms with Gasteiger partial charge in [-0.2, -0.15) is 0 Å². The van der Waals surface area contributed by atoms with Gasteiger partial charge in [-0.1, -0.05) is 27.4 Å². The molecule has 0 aromatic heterocycles. The van der Waals surface area contributed by atoms with E-state index in [1.165, 1.54) is 0 Å². The summed E-state index contributed by atoms with van der Waals surface area (Å²) in [7, 11) is -1.69. The Morgan fingerprint density at radius 2 is 1.83 bits per heavy atom. The number of hydrogen-bond donors (Lipinski definition) is 1. The molecular weight excluding hydrogens is 168 g/mol. The SMILES string of the molecule is C=C(O)CO[Si](C)(C)C(C)(C)C. The van der Waals surface area contributed by atoms with Gasteiger partial charge in [-0.15, -0.1) is 0 Å². The van der Waals surface area contributed by atoms with Gasteiger partial charge in [-0.25, -0.2) is 0 Å². The van der Waals surface area contributed by atoms with Crippen molar-refractivity contribution in [3.8, 4) is 0 Å². The third-order valence-electron chi connectivity index (χ3n) is 2.41. The van der Waals surface area contributed by atoms with Crippen LogP contribution in [0, 0.1) is 0 Å².